The summed E-state index contributed by atoms with van der Waals surface area (Å²) in [7, 11) is 0. The Labute approximate surface area is 212 Å². The normalized spacial score (nSPS) is 19.2. The third-order valence-corrected chi connectivity index (χ3v) is 6.77. The van der Waals surface area contributed by atoms with E-state index in [0.717, 1.165) is 16.3 Å². The lowest BCUT2D eigenvalue weighted by atomic mass is 10.0. The van der Waals surface area contributed by atoms with Crippen LogP contribution in [0, 0.1) is 0 Å². The molecule has 1 fully saturated rings. The molecule has 2 aliphatic rings. The van der Waals surface area contributed by atoms with Gasteiger partial charge in [0, 0.05) is 11.3 Å². The van der Waals surface area contributed by atoms with Crippen LogP contribution in [-0.2, 0) is 28.8 Å². The number of esters is 1. The van der Waals surface area contributed by atoms with Gasteiger partial charge in [-0.15, -0.1) is 16.9 Å². The number of isocyanates is 1. The molecular formula is C26H25N3O6S. The summed E-state index contributed by atoms with van der Waals surface area (Å²) in [6.45, 7) is 5.24. The number of ether oxygens (including phenoxy) is 1. The largest absolute Gasteiger partial charge is 0.448 e. The maximum atomic E-state index is 13.5. The molecule has 0 spiro atoms. The van der Waals surface area contributed by atoms with E-state index in [0.29, 0.717) is 6.29 Å². The van der Waals surface area contributed by atoms with Crippen LogP contribution >= 0.6 is 11.8 Å². The van der Waals surface area contributed by atoms with Gasteiger partial charge in [-0.2, -0.15) is 0 Å². The molecular weight excluding hydrogens is 482 g/mol. The van der Waals surface area contributed by atoms with Crippen molar-refractivity contribution in [1.29, 1.82) is 0 Å². The molecule has 1 amide bonds. The maximum absolute atomic E-state index is 13.5. The van der Waals surface area contributed by atoms with Crippen LogP contribution in [0.2, 0.25) is 0 Å². The molecule has 2 heterocycles. The van der Waals surface area contributed by atoms with E-state index in [1.807, 2.05) is 60.7 Å². The van der Waals surface area contributed by atoms with Crippen molar-refractivity contribution in [2.45, 2.75) is 43.9 Å². The van der Waals surface area contributed by atoms with Crippen LogP contribution in [0.1, 0.15) is 38.0 Å². The molecule has 0 bridgehead atoms. The molecule has 0 aliphatic carbocycles. The fourth-order valence-electron chi connectivity index (χ4n) is 3.98. The van der Waals surface area contributed by atoms with Crippen molar-refractivity contribution >= 4 is 36.0 Å². The van der Waals surface area contributed by atoms with Crippen molar-refractivity contribution < 1.29 is 28.8 Å². The van der Waals surface area contributed by atoms with Crippen LogP contribution in [0.15, 0.2) is 77.0 Å². The number of β-lactam (4-membered cyclic amide) rings is 1. The van der Waals surface area contributed by atoms with E-state index in [-0.39, 0.29) is 17.0 Å². The minimum atomic E-state index is -0.967. The lowest BCUT2D eigenvalue weighted by molar-refractivity contribution is -0.262. The summed E-state index contributed by atoms with van der Waals surface area (Å²) in [5.74, 6) is -1.17. The van der Waals surface area contributed by atoms with Gasteiger partial charge in [0.05, 0.1) is 5.60 Å². The van der Waals surface area contributed by atoms with Gasteiger partial charge in [0.1, 0.15) is 17.4 Å². The fourth-order valence-corrected chi connectivity index (χ4v) is 5.30. The van der Waals surface area contributed by atoms with Gasteiger partial charge in [0.15, 0.2) is 12.1 Å². The molecule has 10 heteroatoms. The lowest BCUT2D eigenvalue weighted by Gasteiger charge is -2.51. The molecule has 0 radical (unpaired) electrons. The molecule has 2 aromatic carbocycles. The number of rotatable bonds is 8. The molecule has 1 saturated heterocycles. The van der Waals surface area contributed by atoms with Gasteiger partial charge in [-0.1, -0.05) is 65.8 Å². The number of carbonyl (C=O) groups is 3. The number of hydrogen-bond acceptors (Lipinski definition) is 9. The predicted molar refractivity (Wildman–Crippen MR) is 132 cm³/mol. The number of thioether (sulfide) groups is 1. The van der Waals surface area contributed by atoms with Crippen molar-refractivity contribution in [3.8, 4) is 0 Å². The molecule has 2 aromatic rings. The standard InChI is InChI=1S/C26H25N3O6S/c1-26(2,3)35-29(27-16-31)21-23(32)28-20(19(14-30)15-36-24(21)28)25(33)34-22(17-10-6-4-7-11-17)18-12-8-5-9-13-18/h4-14,21-22,24H,15H2,1-3H3/t21-,24-/m1/s1. The molecule has 0 aromatic heterocycles. The van der Waals surface area contributed by atoms with E-state index < -0.39 is 35.0 Å². The minimum Gasteiger partial charge on any atom is -0.448 e. The molecule has 36 heavy (non-hydrogen) atoms. The third kappa shape index (κ3) is 5.11. The number of hydrazone groups is 1. The Bertz CT molecular complexity index is 1180. The first-order chi connectivity index (χ1) is 17.2. The van der Waals surface area contributed by atoms with Crippen LogP contribution < -0.4 is 0 Å². The third-order valence-electron chi connectivity index (χ3n) is 5.48. The van der Waals surface area contributed by atoms with E-state index in [9.17, 15) is 19.2 Å². The molecule has 9 nitrogen and oxygen atoms in total. The summed E-state index contributed by atoms with van der Waals surface area (Å²) in [6, 6.07) is 17.4. The van der Waals surface area contributed by atoms with Crippen molar-refractivity contribution in [1.82, 2.24) is 10.1 Å². The number of carbonyl (C=O) groups excluding carboxylic acids is 4. The first-order valence-corrected chi connectivity index (χ1v) is 12.3. The van der Waals surface area contributed by atoms with Gasteiger partial charge in [-0.3, -0.25) is 14.5 Å². The van der Waals surface area contributed by atoms with Gasteiger partial charge in [0.2, 0.25) is 0 Å². The zero-order valence-electron chi connectivity index (χ0n) is 20.0. The molecule has 186 valence electrons. The minimum absolute atomic E-state index is 0.113. The van der Waals surface area contributed by atoms with E-state index in [2.05, 4.69) is 5.10 Å². The molecule has 4 rings (SSSR count). The zero-order valence-corrected chi connectivity index (χ0v) is 20.8. The number of nitrogens with zero attached hydrogens (tertiary/aromatic N) is 3. The maximum Gasteiger partial charge on any atom is 0.356 e. The van der Waals surface area contributed by atoms with E-state index in [1.165, 1.54) is 22.7 Å². The van der Waals surface area contributed by atoms with Gasteiger partial charge >= 0.3 is 5.97 Å². The monoisotopic (exact) mass is 507 g/mol. The summed E-state index contributed by atoms with van der Waals surface area (Å²) < 4.78 is 5.93. The van der Waals surface area contributed by atoms with E-state index in [1.54, 1.807) is 20.8 Å². The number of amides is 1. The zero-order chi connectivity index (χ0) is 25.9. The van der Waals surface area contributed by atoms with Crippen molar-refractivity contribution in [2.24, 2.45) is 5.10 Å². The average molecular weight is 508 g/mol. The van der Waals surface area contributed by atoms with Crippen LogP contribution in [0.5, 0.6) is 0 Å². The van der Waals surface area contributed by atoms with Gasteiger partial charge in [-0.25, -0.2) is 14.4 Å². The Balaban J connectivity index is 1.64. The molecule has 0 saturated carbocycles. The second-order valence-corrected chi connectivity index (χ2v) is 10.3. The highest BCUT2D eigenvalue weighted by atomic mass is 32.2. The first-order valence-electron chi connectivity index (χ1n) is 11.2. The second kappa shape index (κ2) is 10.5. The SMILES string of the molecule is CC(C)(C)ON(N=C=O)[C@@H]1C(=O)N2C(C(=O)OC(c3ccccc3)c3ccccc3)=C(C=O)CS[C@H]12. The second-order valence-electron chi connectivity index (χ2n) is 9.15. The first kappa shape index (κ1) is 25.4. The molecule has 2 atom stereocenters. The van der Waals surface area contributed by atoms with Gasteiger partial charge < -0.3 is 4.74 Å². The highest BCUT2D eigenvalue weighted by molar-refractivity contribution is 8.00. The summed E-state index contributed by atoms with van der Waals surface area (Å²) in [4.78, 5) is 56.5. The summed E-state index contributed by atoms with van der Waals surface area (Å²) >= 11 is 1.27. The van der Waals surface area contributed by atoms with Crippen LogP contribution in [0.3, 0.4) is 0 Å². The Morgan fingerprint density at radius 3 is 2.22 bits per heavy atom. The van der Waals surface area contributed by atoms with E-state index in [4.69, 9.17) is 9.57 Å². The Hall–Kier alpha value is -3.72. The highest BCUT2D eigenvalue weighted by Gasteiger charge is 2.58. The van der Waals surface area contributed by atoms with Crippen molar-refractivity contribution in [2.75, 3.05) is 5.75 Å². The van der Waals surface area contributed by atoms with Crippen LogP contribution in [-0.4, -0.2) is 57.1 Å². The average Bonchev–Trinajstić information content (AvgIpc) is 2.86. The number of hydrogen-bond donors (Lipinski definition) is 0. The Kier molecular flexibility index (Phi) is 7.40. The molecule has 0 N–H and O–H groups in total. The van der Waals surface area contributed by atoms with Gasteiger partial charge in [0.25, 0.3) is 12.0 Å². The number of hydroxylamine groups is 1. The topological polar surface area (TPSA) is 106 Å². The van der Waals surface area contributed by atoms with Crippen LogP contribution in [0.25, 0.3) is 0 Å². The fraction of sp³-hybridized carbons (Fsp3) is 0.308. The number of aldehydes is 1. The summed E-state index contributed by atoms with van der Waals surface area (Å²) in [6.07, 6.45) is 1.22. The molecule has 0 unspecified atom stereocenters. The van der Waals surface area contributed by atoms with E-state index >= 15 is 0 Å². The Morgan fingerprint density at radius 1 is 1.14 bits per heavy atom. The van der Waals surface area contributed by atoms with Crippen LogP contribution in [0.4, 0.5) is 0 Å². The predicted octanol–water partition coefficient (Wildman–Crippen LogP) is 3.34. The van der Waals surface area contributed by atoms with Crippen molar-refractivity contribution in [3.05, 3.63) is 83.1 Å². The highest BCUT2D eigenvalue weighted by Crippen LogP contribution is 2.43. The molecule has 2 aliphatic heterocycles. The number of benzene rings is 2. The Morgan fingerprint density at radius 2 is 1.72 bits per heavy atom. The quantitative estimate of drug-likeness (QED) is 0.134. The van der Waals surface area contributed by atoms with Crippen molar-refractivity contribution in [3.63, 3.8) is 0 Å². The number of fused-ring (bicyclic) bond motifs is 1. The smallest absolute Gasteiger partial charge is 0.356 e. The summed E-state index contributed by atoms with van der Waals surface area (Å²) in [5, 5.41) is 3.86. The van der Waals surface area contributed by atoms with Gasteiger partial charge in [-0.05, 0) is 31.9 Å². The summed E-state index contributed by atoms with van der Waals surface area (Å²) in [5.41, 5.74) is 0.771. The lowest BCUT2D eigenvalue weighted by Crippen LogP contribution is -2.70.